The van der Waals surface area contributed by atoms with Crippen LogP contribution >= 0.6 is 0 Å². The molecule has 0 bridgehead atoms. The van der Waals surface area contributed by atoms with Gasteiger partial charge in [0.05, 0.1) is 19.0 Å². The van der Waals surface area contributed by atoms with Crippen molar-refractivity contribution in [1.82, 2.24) is 16.0 Å². The maximum absolute atomic E-state index is 12.0. The van der Waals surface area contributed by atoms with Gasteiger partial charge in [-0.25, -0.2) is 4.79 Å². The fourth-order valence-corrected chi connectivity index (χ4v) is 2.32. The number of hydrogen-bond donors (Lipinski definition) is 6. The molecule has 0 aliphatic carbocycles. The molecule has 11 heteroatoms. The fraction of sp³-hybridized carbons (Fsp3) is 0.389. The second-order valence-electron chi connectivity index (χ2n) is 6.37. The molecule has 0 aromatic heterocycles. The van der Waals surface area contributed by atoms with Gasteiger partial charge in [-0.15, -0.1) is 0 Å². The number of amides is 4. The van der Waals surface area contributed by atoms with Crippen molar-refractivity contribution in [2.45, 2.75) is 37.9 Å². The van der Waals surface area contributed by atoms with Crippen LogP contribution in [-0.2, 0) is 30.4 Å². The van der Waals surface area contributed by atoms with Gasteiger partial charge in [-0.05, 0) is 18.9 Å². The van der Waals surface area contributed by atoms with Crippen LogP contribution in [0.5, 0.6) is 0 Å². The number of carbonyl (C=O) groups excluding carboxylic acids is 4. The number of primary amides is 1. The third-order valence-electron chi connectivity index (χ3n) is 3.85. The number of rotatable bonds is 11. The first kappa shape index (κ1) is 23.6. The van der Waals surface area contributed by atoms with E-state index >= 15 is 0 Å². The van der Waals surface area contributed by atoms with Crippen molar-refractivity contribution in [3.05, 3.63) is 35.9 Å². The van der Waals surface area contributed by atoms with Crippen molar-refractivity contribution in [2.75, 3.05) is 6.54 Å². The van der Waals surface area contributed by atoms with Gasteiger partial charge in [-0.2, -0.15) is 0 Å². The quantitative estimate of drug-likeness (QED) is 0.236. The maximum atomic E-state index is 12.0. The summed E-state index contributed by atoms with van der Waals surface area (Å²) < 4.78 is 0. The van der Waals surface area contributed by atoms with Crippen LogP contribution in [0.4, 0.5) is 0 Å². The Balaban J connectivity index is 2.44. The first-order valence-electron chi connectivity index (χ1n) is 8.78. The molecule has 1 rings (SSSR count). The first-order valence-corrected chi connectivity index (χ1v) is 8.78. The third-order valence-corrected chi connectivity index (χ3v) is 3.85. The van der Waals surface area contributed by atoms with E-state index in [1.54, 1.807) is 0 Å². The second-order valence-corrected chi connectivity index (χ2v) is 6.37. The number of aliphatic carboxylic acids is 1. The Morgan fingerprint density at radius 1 is 1.03 bits per heavy atom. The zero-order valence-electron chi connectivity index (χ0n) is 15.9. The number of carboxylic acid groups (broad SMARTS) is 1. The molecule has 0 heterocycles. The van der Waals surface area contributed by atoms with Crippen LogP contribution in [-0.4, -0.2) is 59.4 Å². The Kier molecular flexibility index (Phi) is 9.26. The average molecular weight is 407 g/mol. The molecule has 0 aliphatic rings. The smallest absolute Gasteiger partial charge is 0.326 e. The summed E-state index contributed by atoms with van der Waals surface area (Å²) in [5, 5.41) is 15.7. The zero-order chi connectivity index (χ0) is 22.0. The van der Waals surface area contributed by atoms with Gasteiger partial charge in [0.25, 0.3) is 0 Å². The molecule has 4 amide bonds. The van der Waals surface area contributed by atoms with Gasteiger partial charge in [0, 0.05) is 0 Å². The highest BCUT2D eigenvalue weighted by molar-refractivity contribution is 5.93. The molecule has 3 atom stereocenters. The van der Waals surface area contributed by atoms with Gasteiger partial charge >= 0.3 is 5.97 Å². The van der Waals surface area contributed by atoms with Crippen LogP contribution in [0, 0.1) is 0 Å². The average Bonchev–Trinajstić information content (AvgIpc) is 2.65. The summed E-state index contributed by atoms with van der Waals surface area (Å²) in [6, 6.07) is 5.66. The van der Waals surface area contributed by atoms with E-state index in [1.807, 2.05) is 30.3 Å². The number of carboxylic acids is 1. The van der Waals surface area contributed by atoms with Crippen LogP contribution in [0.2, 0.25) is 0 Å². The van der Waals surface area contributed by atoms with E-state index in [4.69, 9.17) is 16.6 Å². The highest BCUT2D eigenvalue weighted by Crippen LogP contribution is 2.01. The molecule has 1 aromatic rings. The molecule has 0 saturated carbocycles. The van der Waals surface area contributed by atoms with Crippen molar-refractivity contribution in [1.29, 1.82) is 0 Å². The molecular formula is C18H25N5O6. The molecule has 0 spiro atoms. The minimum Gasteiger partial charge on any atom is -0.480 e. The van der Waals surface area contributed by atoms with Crippen molar-refractivity contribution in [3.8, 4) is 0 Å². The van der Waals surface area contributed by atoms with Crippen LogP contribution in [0.3, 0.4) is 0 Å². The summed E-state index contributed by atoms with van der Waals surface area (Å²) in [5.41, 5.74) is 11.6. The lowest BCUT2D eigenvalue weighted by molar-refractivity contribution is -0.143. The summed E-state index contributed by atoms with van der Waals surface area (Å²) in [5.74, 6) is -4.36. The lowest BCUT2D eigenvalue weighted by atomic mass is 10.1. The number of nitrogens with two attached hydrogens (primary N) is 2. The van der Waals surface area contributed by atoms with Crippen LogP contribution in [0.25, 0.3) is 0 Å². The highest BCUT2D eigenvalue weighted by atomic mass is 16.4. The zero-order valence-corrected chi connectivity index (χ0v) is 15.9. The highest BCUT2D eigenvalue weighted by Gasteiger charge is 2.25. The topological polar surface area (TPSA) is 194 Å². The maximum Gasteiger partial charge on any atom is 0.326 e. The Hall–Kier alpha value is -3.47. The van der Waals surface area contributed by atoms with Crippen molar-refractivity contribution < 1.29 is 29.1 Å². The largest absolute Gasteiger partial charge is 0.480 e. The van der Waals surface area contributed by atoms with E-state index in [-0.39, 0.29) is 0 Å². The van der Waals surface area contributed by atoms with E-state index in [1.165, 1.54) is 6.92 Å². The fourth-order valence-electron chi connectivity index (χ4n) is 2.32. The SMILES string of the molecule is CC(NC(=O)CNC(=O)C(N)Cc1ccccc1)C(=O)NC(CC(N)=O)C(=O)O. The molecule has 0 fully saturated rings. The third kappa shape index (κ3) is 8.84. The van der Waals surface area contributed by atoms with Crippen molar-refractivity contribution in [2.24, 2.45) is 11.5 Å². The van der Waals surface area contributed by atoms with Crippen molar-refractivity contribution in [3.63, 3.8) is 0 Å². The second kappa shape index (κ2) is 11.4. The minimum atomic E-state index is -1.50. The molecule has 158 valence electrons. The van der Waals surface area contributed by atoms with E-state index < -0.39 is 60.7 Å². The minimum absolute atomic E-state index is 0.295. The summed E-state index contributed by atoms with van der Waals surface area (Å²) in [6.07, 6.45) is -0.291. The van der Waals surface area contributed by atoms with Gasteiger partial charge in [0.2, 0.25) is 23.6 Å². The number of hydrogen-bond acceptors (Lipinski definition) is 6. The van der Waals surface area contributed by atoms with Crippen LogP contribution in [0.1, 0.15) is 18.9 Å². The molecule has 8 N–H and O–H groups in total. The lowest BCUT2D eigenvalue weighted by Gasteiger charge is -2.18. The van der Waals surface area contributed by atoms with Gasteiger partial charge < -0.3 is 32.5 Å². The van der Waals surface area contributed by atoms with E-state index in [9.17, 15) is 24.0 Å². The summed E-state index contributed by atoms with van der Waals surface area (Å²) in [7, 11) is 0. The molecule has 0 saturated heterocycles. The predicted molar refractivity (Wildman–Crippen MR) is 102 cm³/mol. The Labute approximate surface area is 167 Å². The van der Waals surface area contributed by atoms with Gasteiger partial charge in [-0.1, -0.05) is 30.3 Å². The Bertz CT molecular complexity index is 754. The monoisotopic (exact) mass is 407 g/mol. The van der Waals surface area contributed by atoms with Crippen LogP contribution in [0.15, 0.2) is 30.3 Å². The first-order chi connectivity index (χ1) is 13.6. The van der Waals surface area contributed by atoms with E-state index in [0.29, 0.717) is 6.42 Å². The molecule has 0 aliphatic heterocycles. The van der Waals surface area contributed by atoms with Gasteiger partial charge in [0.1, 0.15) is 12.1 Å². The summed E-state index contributed by atoms with van der Waals surface area (Å²) in [4.78, 5) is 57.7. The van der Waals surface area contributed by atoms with Gasteiger partial charge in [0.15, 0.2) is 0 Å². The van der Waals surface area contributed by atoms with E-state index in [0.717, 1.165) is 5.56 Å². The Morgan fingerprint density at radius 2 is 1.66 bits per heavy atom. The van der Waals surface area contributed by atoms with E-state index in [2.05, 4.69) is 16.0 Å². The molecular weight excluding hydrogens is 382 g/mol. The predicted octanol–water partition coefficient (Wildman–Crippen LogP) is -2.38. The molecule has 29 heavy (non-hydrogen) atoms. The standard InChI is InChI=1S/C18H25N5O6/c1-10(16(26)23-13(18(28)29)8-14(20)24)22-15(25)9-21-17(27)12(19)7-11-5-3-2-4-6-11/h2-6,10,12-13H,7-9,19H2,1H3,(H2,20,24)(H,21,27)(H,22,25)(H,23,26)(H,28,29). The van der Waals surface area contributed by atoms with Gasteiger partial charge in [-0.3, -0.25) is 19.2 Å². The lowest BCUT2D eigenvalue weighted by Crippen LogP contribution is -2.53. The molecule has 3 unspecified atom stereocenters. The number of nitrogens with one attached hydrogen (secondary N) is 3. The molecule has 1 aromatic carbocycles. The molecule has 0 radical (unpaired) electrons. The Morgan fingerprint density at radius 3 is 2.21 bits per heavy atom. The summed E-state index contributed by atoms with van der Waals surface area (Å²) in [6.45, 7) is 0.905. The van der Waals surface area contributed by atoms with Crippen molar-refractivity contribution >= 4 is 29.6 Å². The normalized spacial score (nSPS) is 13.4. The summed E-state index contributed by atoms with van der Waals surface area (Å²) >= 11 is 0. The van der Waals surface area contributed by atoms with Crippen LogP contribution < -0.4 is 27.4 Å². The number of benzene rings is 1. The molecule has 11 nitrogen and oxygen atoms in total. The number of carbonyl (C=O) groups is 5.